The van der Waals surface area contributed by atoms with Crippen LogP contribution in [0.2, 0.25) is 0 Å². The predicted molar refractivity (Wildman–Crippen MR) is 61.6 cm³/mol. The average molecular weight is 241 g/mol. The summed E-state index contributed by atoms with van der Waals surface area (Å²) in [5, 5.41) is 0. The van der Waals surface area contributed by atoms with Crippen LogP contribution in [0.3, 0.4) is 0 Å². The molecular weight excluding hydrogens is 226 g/mol. The van der Waals surface area contributed by atoms with E-state index in [1.165, 1.54) is 26.0 Å². The molecule has 1 atom stereocenters. The summed E-state index contributed by atoms with van der Waals surface area (Å²) in [5.41, 5.74) is 0.985. The van der Waals surface area contributed by atoms with Gasteiger partial charge in [0, 0.05) is 0 Å². The molecule has 0 fully saturated rings. The van der Waals surface area contributed by atoms with Crippen LogP contribution in [0.5, 0.6) is 0 Å². The van der Waals surface area contributed by atoms with Crippen molar-refractivity contribution in [3.8, 4) is 0 Å². The van der Waals surface area contributed by atoms with Gasteiger partial charge in [0.05, 0.1) is 10.9 Å². The number of carbonyl (C=O) groups excluding carboxylic acids is 1. The maximum absolute atomic E-state index is 11.8. The van der Waals surface area contributed by atoms with Gasteiger partial charge in [-0.3, -0.25) is 4.79 Å². The molecule has 0 aliphatic heterocycles. The molecule has 0 saturated heterocycles. The lowest BCUT2D eigenvalue weighted by atomic mass is 10.2. The second kappa shape index (κ2) is 4.76. The third kappa shape index (κ3) is 3.15. The largest absolute Gasteiger partial charge is 0.298 e. The van der Waals surface area contributed by atoms with Crippen molar-refractivity contribution >= 4 is 15.8 Å². The van der Waals surface area contributed by atoms with Gasteiger partial charge in [-0.05, 0) is 32.9 Å². The quantitative estimate of drug-likeness (QED) is 0.863. The number of carbonyl (C=O) groups is 1. The fourth-order valence-corrected chi connectivity index (χ4v) is 2.36. The highest BCUT2D eigenvalue weighted by Crippen LogP contribution is 2.10. The van der Waals surface area contributed by atoms with Gasteiger partial charge in [-0.1, -0.05) is 17.7 Å². The number of Topliss-reactive ketones (excluding diaryl/α,β-unsaturated/α-hetero) is 1. The van der Waals surface area contributed by atoms with Crippen molar-refractivity contribution in [1.29, 1.82) is 0 Å². The fraction of sp³-hybridized carbons (Fsp3) is 0.364. The van der Waals surface area contributed by atoms with Crippen LogP contribution in [0, 0.1) is 6.92 Å². The van der Waals surface area contributed by atoms with E-state index < -0.39 is 16.1 Å². The Kier molecular flexibility index (Phi) is 3.83. The molecule has 0 aromatic heterocycles. The maximum Gasteiger partial charge on any atom is 0.241 e. The number of aryl methyl sites for hydroxylation is 1. The third-order valence-corrected chi connectivity index (χ3v) is 3.83. The number of benzene rings is 1. The molecule has 5 heteroatoms. The minimum atomic E-state index is -3.59. The second-order valence-corrected chi connectivity index (χ2v) is 5.48. The van der Waals surface area contributed by atoms with Gasteiger partial charge < -0.3 is 0 Å². The van der Waals surface area contributed by atoms with Crippen LogP contribution in [0.1, 0.15) is 19.4 Å². The Morgan fingerprint density at radius 2 is 1.75 bits per heavy atom. The lowest BCUT2D eigenvalue weighted by Gasteiger charge is -2.11. The lowest BCUT2D eigenvalue weighted by Crippen LogP contribution is -2.37. The van der Waals surface area contributed by atoms with Gasteiger partial charge in [-0.2, -0.15) is 0 Å². The maximum atomic E-state index is 11.8. The first-order valence-electron chi connectivity index (χ1n) is 4.92. The number of ketones is 1. The van der Waals surface area contributed by atoms with Crippen molar-refractivity contribution in [2.75, 3.05) is 0 Å². The van der Waals surface area contributed by atoms with E-state index in [2.05, 4.69) is 4.72 Å². The van der Waals surface area contributed by atoms with Crippen LogP contribution in [0.4, 0.5) is 0 Å². The van der Waals surface area contributed by atoms with Gasteiger partial charge in [0.25, 0.3) is 0 Å². The molecule has 0 heterocycles. The summed E-state index contributed by atoms with van der Waals surface area (Å²) in [6, 6.07) is 5.76. The molecule has 4 nitrogen and oxygen atoms in total. The van der Waals surface area contributed by atoms with Gasteiger partial charge in [0.1, 0.15) is 5.78 Å². The number of rotatable bonds is 4. The first kappa shape index (κ1) is 12.9. The summed E-state index contributed by atoms with van der Waals surface area (Å²) in [5.74, 6) is -0.212. The first-order valence-corrected chi connectivity index (χ1v) is 6.40. The Labute approximate surface area is 95.7 Å². The Morgan fingerprint density at radius 3 is 2.19 bits per heavy atom. The molecule has 0 saturated carbocycles. The summed E-state index contributed by atoms with van der Waals surface area (Å²) < 4.78 is 25.9. The van der Waals surface area contributed by atoms with Crippen LogP contribution in [0.25, 0.3) is 0 Å². The Balaban J connectivity index is 2.94. The van der Waals surface area contributed by atoms with E-state index in [4.69, 9.17) is 0 Å². The number of hydrogen-bond acceptors (Lipinski definition) is 3. The molecule has 0 spiro atoms. The van der Waals surface area contributed by atoms with Crippen molar-refractivity contribution in [1.82, 2.24) is 4.72 Å². The van der Waals surface area contributed by atoms with Crippen LogP contribution in [-0.4, -0.2) is 20.2 Å². The highest BCUT2D eigenvalue weighted by Gasteiger charge is 2.19. The van der Waals surface area contributed by atoms with E-state index in [0.717, 1.165) is 5.56 Å². The summed E-state index contributed by atoms with van der Waals surface area (Å²) in [4.78, 5) is 11.2. The molecule has 1 aromatic carbocycles. The number of sulfonamides is 1. The molecule has 1 N–H and O–H groups in total. The summed E-state index contributed by atoms with van der Waals surface area (Å²) in [7, 11) is -3.59. The molecule has 0 amide bonds. The molecule has 0 aliphatic rings. The zero-order chi connectivity index (χ0) is 12.3. The Hall–Kier alpha value is -1.20. The lowest BCUT2D eigenvalue weighted by molar-refractivity contribution is -0.118. The van der Waals surface area contributed by atoms with Gasteiger partial charge in [0.2, 0.25) is 10.0 Å². The minimum absolute atomic E-state index is 0.172. The summed E-state index contributed by atoms with van der Waals surface area (Å²) >= 11 is 0. The predicted octanol–water partition coefficient (Wildman–Crippen LogP) is 1.25. The van der Waals surface area contributed by atoms with Gasteiger partial charge >= 0.3 is 0 Å². The summed E-state index contributed by atoms with van der Waals surface area (Å²) in [6.45, 7) is 4.75. The van der Waals surface area contributed by atoms with Gasteiger partial charge in [0.15, 0.2) is 0 Å². The topological polar surface area (TPSA) is 63.2 Å². The van der Waals surface area contributed by atoms with E-state index in [1.54, 1.807) is 12.1 Å². The average Bonchev–Trinajstić information content (AvgIpc) is 2.17. The highest BCUT2D eigenvalue weighted by molar-refractivity contribution is 7.89. The van der Waals surface area contributed by atoms with Crippen LogP contribution in [-0.2, 0) is 14.8 Å². The van der Waals surface area contributed by atoms with E-state index in [0.29, 0.717) is 0 Å². The first-order chi connectivity index (χ1) is 7.33. The Bertz CT molecular complexity index is 476. The molecule has 1 rings (SSSR count). The van der Waals surface area contributed by atoms with Crippen molar-refractivity contribution in [2.45, 2.75) is 31.7 Å². The van der Waals surface area contributed by atoms with Crippen LogP contribution >= 0.6 is 0 Å². The molecule has 1 unspecified atom stereocenters. The SMILES string of the molecule is CC(=O)C(C)NS(=O)(=O)c1ccc(C)cc1. The molecule has 0 bridgehead atoms. The number of hydrogen-bond donors (Lipinski definition) is 1. The standard InChI is InChI=1S/C11H15NO3S/c1-8-4-6-11(7-5-8)16(14,15)12-9(2)10(3)13/h4-7,9,12H,1-3H3. The highest BCUT2D eigenvalue weighted by atomic mass is 32.2. The van der Waals surface area contributed by atoms with Gasteiger partial charge in [-0.25, -0.2) is 13.1 Å². The van der Waals surface area contributed by atoms with Crippen molar-refractivity contribution < 1.29 is 13.2 Å². The van der Waals surface area contributed by atoms with E-state index in [1.807, 2.05) is 6.92 Å². The van der Waals surface area contributed by atoms with Crippen molar-refractivity contribution in [3.63, 3.8) is 0 Å². The Morgan fingerprint density at radius 1 is 1.25 bits per heavy atom. The molecule has 88 valence electrons. The van der Waals surface area contributed by atoms with E-state index in [-0.39, 0.29) is 10.7 Å². The van der Waals surface area contributed by atoms with Crippen molar-refractivity contribution in [3.05, 3.63) is 29.8 Å². The zero-order valence-corrected chi connectivity index (χ0v) is 10.3. The summed E-state index contributed by atoms with van der Waals surface area (Å²) in [6.07, 6.45) is 0. The molecule has 0 aliphatic carbocycles. The second-order valence-electron chi connectivity index (χ2n) is 3.77. The van der Waals surface area contributed by atoms with Crippen LogP contribution < -0.4 is 4.72 Å². The van der Waals surface area contributed by atoms with Crippen LogP contribution in [0.15, 0.2) is 29.2 Å². The van der Waals surface area contributed by atoms with E-state index >= 15 is 0 Å². The molecule has 1 aromatic rings. The van der Waals surface area contributed by atoms with Gasteiger partial charge in [-0.15, -0.1) is 0 Å². The molecular formula is C11H15NO3S. The minimum Gasteiger partial charge on any atom is -0.298 e. The normalized spacial score (nSPS) is 13.4. The molecule has 0 radical (unpaired) electrons. The van der Waals surface area contributed by atoms with Crippen molar-refractivity contribution in [2.24, 2.45) is 0 Å². The third-order valence-electron chi connectivity index (χ3n) is 2.27. The smallest absolute Gasteiger partial charge is 0.241 e. The fourth-order valence-electron chi connectivity index (χ4n) is 1.10. The monoisotopic (exact) mass is 241 g/mol. The molecule has 16 heavy (non-hydrogen) atoms. The zero-order valence-electron chi connectivity index (χ0n) is 9.52. The van der Waals surface area contributed by atoms with E-state index in [9.17, 15) is 13.2 Å². The number of nitrogens with one attached hydrogen (secondary N) is 1.